The molecular formula is C25H24F2N6O4S. The van der Waals surface area contributed by atoms with Gasteiger partial charge in [-0.15, -0.1) is 5.73 Å². The second-order valence-corrected chi connectivity index (χ2v) is 10.2. The molecule has 1 saturated carbocycles. The van der Waals surface area contributed by atoms with Crippen LogP contribution in [0.2, 0.25) is 0 Å². The third kappa shape index (κ3) is 5.35. The number of nitrogens with zero attached hydrogens (tertiary/aromatic N) is 5. The molecule has 1 unspecified atom stereocenters. The molecule has 5 rings (SSSR count). The zero-order chi connectivity index (χ0) is 27.0. The van der Waals surface area contributed by atoms with Crippen LogP contribution in [0.4, 0.5) is 20.4 Å². The first-order chi connectivity index (χ1) is 18.2. The first kappa shape index (κ1) is 25.7. The molecule has 0 saturated heterocycles. The minimum atomic E-state index is -0.798. The maximum atomic E-state index is 14.8. The van der Waals surface area contributed by atoms with Crippen molar-refractivity contribution in [3.8, 4) is 10.9 Å². The monoisotopic (exact) mass is 542 g/mol. The summed E-state index contributed by atoms with van der Waals surface area (Å²) < 4.78 is 40.1. The highest BCUT2D eigenvalue weighted by Crippen LogP contribution is 2.46. The van der Waals surface area contributed by atoms with E-state index in [2.05, 4.69) is 25.4 Å². The number of aliphatic hydroxyl groups is 1. The van der Waals surface area contributed by atoms with E-state index in [1.54, 1.807) is 13.8 Å². The van der Waals surface area contributed by atoms with E-state index in [1.807, 2.05) is 0 Å². The molecular weight excluding hydrogens is 518 g/mol. The fraction of sp³-hybridized carbons (Fsp3) is 0.360. The molecule has 10 nitrogen and oxygen atoms in total. The van der Waals surface area contributed by atoms with Gasteiger partial charge in [-0.25, -0.2) is 22.9 Å². The van der Waals surface area contributed by atoms with E-state index in [0.29, 0.717) is 24.2 Å². The van der Waals surface area contributed by atoms with Crippen molar-refractivity contribution in [1.29, 1.82) is 0 Å². The predicted molar refractivity (Wildman–Crippen MR) is 136 cm³/mol. The van der Waals surface area contributed by atoms with E-state index in [4.69, 9.17) is 4.74 Å². The van der Waals surface area contributed by atoms with Crippen molar-refractivity contribution in [2.75, 3.05) is 11.9 Å². The van der Waals surface area contributed by atoms with Crippen LogP contribution in [0.1, 0.15) is 25.6 Å². The van der Waals surface area contributed by atoms with Crippen LogP contribution < -0.4 is 21.4 Å². The van der Waals surface area contributed by atoms with Gasteiger partial charge in [0.15, 0.2) is 11.6 Å². The molecule has 2 aliphatic rings. The van der Waals surface area contributed by atoms with Crippen LogP contribution in [-0.2, 0) is 13.1 Å². The van der Waals surface area contributed by atoms with Crippen LogP contribution in [0, 0.1) is 24.1 Å². The van der Waals surface area contributed by atoms with E-state index >= 15 is 0 Å². The van der Waals surface area contributed by atoms with Gasteiger partial charge in [-0.3, -0.25) is 4.57 Å². The van der Waals surface area contributed by atoms with Gasteiger partial charge in [-0.05, 0) is 43.5 Å². The van der Waals surface area contributed by atoms with E-state index in [0.717, 1.165) is 22.2 Å². The number of hydrogen-bond donors (Lipinski definition) is 2. The maximum absolute atomic E-state index is 14.8. The van der Waals surface area contributed by atoms with Gasteiger partial charge in [-0.2, -0.15) is 14.3 Å². The predicted octanol–water partition coefficient (Wildman–Crippen LogP) is 3.60. The molecule has 0 aliphatic heterocycles. The van der Waals surface area contributed by atoms with E-state index in [9.17, 15) is 23.5 Å². The number of aryl methyl sites for hydroxylation is 1. The third-order valence-electron chi connectivity index (χ3n) is 6.51. The molecule has 2 aromatic heterocycles. The lowest BCUT2D eigenvalue weighted by Crippen LogP contribution is -2.44. The topological polar surface area (TPSA) is 124 Å². The summed E-state index contributed by atoms with van der Waals surface area (Å²) in [5.41, 5.74) is 1.68. The Morgan fingerprint density at radius 2 is 2.05 bits per heavy atom. The Balaban J connectivity index is 1.49. The van der Waals surface area contributed by atoms with Gasteiger partial charge in [0.1, 0.15) is 11.7 Å². The van der Waals surface area contributed by atoms with Crippen molar-refractivity contribution in [3.05, 3.63) is 80.1 Å². The molecule has 0 bridgehead atoms. The normalized spacial score (nSPS) is 17.7. The molecule has 2 aliphatic carbocycles. The molecule has 198 valence electrons. The largest absolute Gasteiger partial charge is 0.427 e. The summed E-state index contributed by atoms with van der Waals surface area (Å²) in [7, 11) is 0. The van der Waals surface area contributed by atoms with Crippen LogP contribution in [-0.4, -0.2) is 35.2 Å². The number of rotatable bonds is 9. The van der Waals surface area contributed by atoms with Crippen LogP contribution in [0.15, 0.2) is 57.1 Å². The van der Waals surface area contributed by atoms with E-state index < -0.39 is 28.4 Å². The zero-order valence-corrected chi connectivity index (χ0v) is 21.4. The summed E-state index contributed by atoms with van der Waals surface area (Å²) in [5, 5.41) is 12.7. The smallest absolute Gasteiger partial charge is 0.354 e. The van der Waals surface area contributed by atoms with Crippen LogP contribution in [0.5, 0.6) is 10.9 Å². The number of allylic oxidation sites excluding steroid dienone is 3. The Labute approximate surface area is 219 Å². The van der Waals surface area contributed by atoms with Gasteiger partial charge in [0.25, 0.3) is 5.19 Å². The van der Waals surface area contributed by atoms with Gasteiger partial charge < -0.3 is 15.2 Å². The van der Waals surface area contributed by atoms with Crippen molar-refractivity contribution >= 4 is 23.2 Å². The van der Waals surface area contributed by atoms with Crippen LogP contribution in [0.25, 0.3) is 0 Å². The van der Waals surface area contributed by atoms with Gasteiger partial charge in [0, 0.05) is 47.2 Å². The first-order valence-corrected chi connectivity index (χ1v) is 12.6. The Kier molecular flexibility index (Phi) is 6.82. The summed E-state index contributed by atoms with van der Waals surface area (Å²) >= 11 is 0.988. The Bertz CT molecular complexity index is 1610. The SMILES string of the molecule is Cc1nsc(Oc2ccc(Nc3nc(=O)n(CC4(CO)CC4)c(=O)n3CC3=C=CC(F)=CC3C)cc2F)n1. The highest BCUT2D eigenvalue weighted by atomic mass is 32.1. The minimum absolute atomic E-state index is 0.0270. The van der Waals surface area contributed by atoms with Crippen molar-refractivity contribution in [3.63, 3.8) is 0 Å². The molecule has 1 aromatic carbocycles. The molecule has 2 N–H and O–H groups in total. The van der Waals surface area contributed by atoms with Crippen LogP contribution >= 0.6 is 11.5 Å². The van der Waals surface area contributed by atoms with Crippen molar-refractivity contribution in [2.45, 2.75) is 39.8 Å². The number of aliphatic hydroxyl groups excluding tert-OH is 1. The van der Waals surface area contributed by atoms with Crippen molar-refractivity contribution in [2.24, 2.45) is 11.3 Å². The number of nitrogens with one attached hydrogen (secondary N) is 1. The summed E-state index contributed by atoms with van der Waals surface area (Å²) in [4.78, 5) is 34.5. The van der Waals surface area contributed by atoms with E-state index in [1.165, 1.54) is 28.9 Å². The summed E-state index contributed by atoms with van der Waals surface area (Å²) in [6, 6.07) is 4.01. The van der Waals surface area contributed by atoms with Gasteiger partial charge in [0.2, 0.25) is 5.95 Å². The number of benzene rings is 1. The number of hydrogen-bond acceptors (Lipinski definition) is 9. The highest BCUT2D eigenvalue weighted by Gasteiger charge is 2.43. The lowest BCUT2D eigenvalue weighted by atomic mass is 9.98. The highest BCUT2D eigenvalue weighted by molar-refractivity contribution is 7.07. The number of anilines is 2. The average molecular weight is 543 g/mol. The van der Waals surface area contributed by atoms with Gasteiger partial charge in [-0.1, -0.05) is 6.92 Å². The van der Waals surface area contributed by atoms with E-state index in [-0.39, 0.29) is 48.2 Å². The average Bonchev–Trinajstić information content (AvgIpc) is 3.54. The second-order valence-electron chi connectivity index (χ2n) is 9.46. The number of halogens is 2. The van der Waals surface area contributed by atoms with Gasteiger partial charge in [0.05, 0.1) is 13.2 Å². The summed E-state index contributed by atoms with van der Waals surface area (Å²) in [5.74, 6) is -1.19. The molecule has 2 heterocycles. The molecule has 13 heteroatoms. The first-order valence-electron chi connectivity index (χ1n) is 11.9. The molecule has 38 heavy (non-hydrogen) atoms. The zero-order valence-electron chi connectivity index (χ0n) is 20.6. The van der Waals surface area contributed by atoms with Crippen LogP contribution in [0.3, 0.4) is 0 Å². The lowest BCUT2D eigenvalue weighted by Gasteiger charge is -2.20. The summed E-state index contributed by atoms with van der Waals surface area (Å²) in [6.07, 6.45) is 3.95. The molecule has 0 amide bonds. The fourth-order valence-electron chi connectivity index (χ4n) is 4.03. The Hall–Kier alpha value is -3.93. The molecule has 1 fully saturated rings. The van der Waals surface area contributed by atoms with Crippen molar-refractivity contribution in [1.82, 2.24) is 23.5 Å². The Morgan fingerprint density at radius 1 is 1.26 bits per heavy atom. The molecule has 0 spiro atoms. The number of aromatic nitrogens is 5. The lowest BCUT2D eigenvalue weighted by molar-refractivity contribution is 0.190. The second kappa shape index (κ2) is 10.1. The quantitative estimate of drug-likeness (QED) is 0.393. The minimum Gasteiger partial charge on any atom is -0.427 e. The fourth-order valence-corrected chi connectivity index (χ4v) is 4.58. The molecule has 1 atom stereocenters. The standard InChI is InChI=1S/C25H24F2N6O4S/c1-14-9-17(26)4-3-16(14)11-32-21(30-22(35)33(24(32)36)12-25(13-34)7-8-25)29-18-5-6-20(19(27)10-18)37-23-28-15(2)31-38-23/h4-6,9-10,14,34H,7-8,11-13H2,1-2H3,(H,29,30,35). The number of ether oxygens (including phenoxy) is 1. The molecule has 3 aromatic rings. The summed E-state index contributed by atoms with van der Waals surface area (Å²) in [6.45, 7) is 3.28. The Morgan fingerprint density at radius 3 is 2.68 bits per heavy atom. The molecule has 0 radical (unpaired) electrons. The van der Waals surface area contributed by atoms with Gasteiger partial charge >= 0.3 is 11.4 Å². The van der Waals surface area contributed by atoms with Crippen molar-refractivity contribution < 1.29 is 18.6 Å². The maximum Gasteiger partial charge on any atom is 0.354 e. The third-order valence-corrected chi connectivity index (χ3v) is 7.20.